The van der Waals surface area contributed by atoms with E-state index in [9.17, 15) is 22.2 Å². The van der Waals surface area contributed by atoms with Gasteiger partial charge in [0.2, 0.25) is 21.8 Å². The van der Waals surface area contributed by atoms with Crippen molar-refractivity contribution in [1.29, 1.82) is 0 Å². The van der Waals surface area contributed by atoms with Gasteiger partial charge in [0.05, 0.1) is 23.2 Å². The highest BCUT2D eigenvalue weighted by Crippen LogP contribution is 2.47. The fourth-order valence-electron chi connectivity index (χ4n) is 5.83. The van der Waals surface area contributed by atoms with Gasteiger partial charge in [-0.05, 0) is 51.2 Å². The molecule has 2 fully saturated rings. The van der Waals surface area contributed by atoms with Gasteiger partial charge >= 0.3 is 0 Å². The van der Waals surface area contributed by atoms with E-state index in [2.05, 4.69) is 5.32 Å². The first-order chi connectivity index (χ1) is 17.3. The Kier molecular flexibility index (Phi) is 8.07. The minimum Gasteiger partial charge on any atom is -0.342 e. The largest absolute Gasteiger partial charge is 0.342 e. The van der Waals surface area contributed by atoms with E-state index in [1.54, 1.807) is 18.7 Å². The van der Waals surface area contributed by atoms with Crippen molar-refractivity contribution in [3.63, 3.8) is 0 Å². The summed E-state index contributed by atoms with van der Waals surface area (Å²) in [5.41, 5.74) is 6.17. The van der Waals surface area contributed by atoms with Crippen molar-refractivity contribution in [3.8, 4) is 0 Å². The Morgan fingerprint density at radius 3 is 2.38 bits per heavy atom. The second-order valence-corrected chi connectivity index (χ2v) is 15.1. The van der Waals surface area contributed by atoms with Gasteiger partial charge in [-0.25, -0.2) is 8.42 Å². The fourth-order valence-corrected chi connectivity index (χ4v) is 8.51. The van der Waals surface area contributed by atoms with Crippen LogP contribution in [0.3, 0.4) is 0 Å². The maximum Gasteiger partial charge on any atom is 0.246 e. The summed E-state index contributed by atoms with van der Waals surface area (Å²) < 4.78 is 39.6. The maximum absolute atomic E-state index is 13.7. The number of nitrogens with one attached hydrogen (secondary N) is 1. The zero-order chi connectivity index (χ0) is 27.0. The van der Waals surface area contributed by atoms with Crippen LogP contribution in [0.2, 0.25) is 0 Å². The molecular weight excluding hydrogens is 512 g/mol. The molecule has 2 atom stereocenters. The fraction of sp³-hybridized carbons (Fsp3) is 0.692. The van der Waals surface area contributed by atoms with Crippen molar-refractivity contribution in [3.05, 3.63) is 29.8 Å². The highest BCUT2D eigenvalue weighted by Gasteiger charge is 2.48. The van der Waals surface area contributed by atoms with E-state index < -0.39 is 38.3 Å². The van der Waals surface area contributed by atoms with Crippen LogP contribution in [0.15, 0.2) is 24.3 Å². The molecule has 11 heteroatoms. The number of piperidine rings is 1. The number of rotatable bonds is 7. The average molecular weight is 553 g/mol. The van der Waals surface area contributed by atoms with Crippen molar-refractivity contribution in [2.75, 3.05) is 35.9 Å². The van der Waals surface area contributed by atoms with Crippen LogP contribution in [-0.2, 0) is 35.8 Å². The van der Waals surface area contributed by atoms with E-state index in [0.29, 0.717) is 38.2 Å². The Bertz CT molecular complexity index is 1150. The number of sulfonamides is 1. The van der Waals surface area contributed by atoms with Crippen LogP contribution in [0, 0.1) is 0 Å². The number of para-hydroxylation sites is 1. The summed E-state index contributed by atoms with van der Waals surface area (Å²) in [6, 6.07) is 6.68. The molecule has 1 spiro atoms. The molecule has 9 nitrogen and oxygen atoms in total. The lowest BCUT2D eigenvalue weighted by Crippen LogP contribution is -2.59. The number of carbonyl (C=O) groups excluding carboxylic acids is 2. The molecule has 206 valence electrons. The summed E-state index contributed by atoms with van der Waals surface area (Å²) in [6.45, 7) is 4.38. The van der Waals surface area contributed by atoms with E-state index >= 15 is 0 Å². The Hall–Kier alpha value is -1.98. The number of nitrogens with zero attached hydrogens (tertiary/aromatic N) is 2. The van der Waals surface area contributed by atoms with Gasteiger partial charge in [0.1, 0.15) is 6.04 Å². The second-order valence-electron chi connectivity index (χ2n) is 11.4. The van der Waals surface area contributed by atoms with Crippen LogP contribution in [0.4, 0.5) is 5.69 Å². The predicted molar refractivity (Wildman–Crippen MR) is 146 cm³/mol. The second kappa shape index (κ2) is 10.6. The normalized spacial score (nSPS) is 21.9. The van der Waals surface area contributed by atoms with Crippen molar-refractivity contribution >= 4 is 38.3 Å². The first-order valence-electron chi connectivity index (χ1n) is 13.1. The SMILES string of the molecule is CC(C)(N)C(=O)NC(CS(=O)C1CCCCC1)C(=O)N1CCC2(CC1)CN(S(C)(=O)=O)c1ccccc12. The first-order valence-corrected chi connectivity index (χ1v) is 16.4. The van der Waals surface area contributed by atoms with E-state index in [-0.39, 0.29) is 22.3 Å². The molecule has 1 aromatic rings. The van der Waals surface area contributed by atoms with E-state index in [4.69, 9.17) is 5.73 Å². The molecule has 2 amide bonds. The van der Waals surface area contributed by atoms with Crippen LogP contribution < -0.4 is 15.4 Å². The Morgan fingerprint density at radius 2 is 1.78 bits per heavy atom. The molecule has 2 unspecified atom stereocenters. The molecular formula is C26H40N4O5S2. The molecule has 2 heterocycles. The van der Waals surface area contributed by atoms with Crippen LogP contribution in [0.5, 0.6) is 0 Å². The van der Waals surface area contributed by atoms with Crippen molar-refractivity contribution < 1.29 is 22.2 Å². The highest BCUT2D eigenvalue weighted by atomic mass is 32.2. The average Bonchev–Trinajstić information content (AvgIpc) is 3.18. The van der Waals surface area contributed by atoms with Gasteiger partial charge in [0.25, 0.3) is 0 Å². The zero-order valence-electron chi connectivity index (χ0n) is 22.1. The van der Waals surface area contributed by atoms with Gasteiger partial charge < -0.3 is 16.0 Å². The zero-order valence-corrected chi connectivity index (χ0v) is 23.7. The number of carbonyl (C=O) groups is 2. The third-order valence-electron chi connectivity index (χ3n) is 8.07. The summed E-state index contributed by atoms with van der Waals surface area (Å²) >= 11 is 0. The highest BCUT2D eigenvalue weighted by molar-refractivity contribution is 7.92. The van der Waals surface area contributed by atoms with Crippen LogP contribution >= 0.6 is 0 Å². The molecule has 3 N–H and O–H groups in total. The molecule has 0 radical (unpaired) electrons. The smallest absolute Gasteiger partial charge is 0.246 e. The number of benzene rings is 1. The predicted octanol–water partition coefficient (Wildman–Crippen LogP) is 1.63. The molecule has 37 heavy (non-hydrogen) atoms. The van der Waals surface area contributed by atoms with E-state index in [0.717, 1.165) is 37.7 Å². The molecule has 0 bridgehead atoms. The molecule has 2 aliphatic heterocycles. The molecule has 1 saturated carbocycles. The first kappa shape index (κ1) is 28.0. The van der Waals surface area contributed by atoms with Gasteiger partial charge in [-0.15, -0.1) is 0 Å². The molecule has 4 rings (SSSR count). The topological polar surface area (TPSA) is 130 Å². The number of nitrogens with two attached hydrogens (primary N) is 1. The lowest BCUT2D eigenvalue weighted by Gasteiger charge is -2.41. The number of anilines is 1. The number of likely N-dealkylation sites (tertiary alicyclic amines) is 1. The third kappa shape index (κ3) is 6.04. The minimum atomic E-state index is -3.43. The van der Waals surface area contributed by atoms with E-state index in [1.807, 2.05) is 24.3 Å². The van der Waals surface area contributed by atoms with Crippen LogP contribution in [-0.4, -0.2) is 77.8 Å². The number of fused-ring (bicyclic) bond motifs is 2. The van der Waals surface area contributed by atoms with Gasteiger partial charge in [0.15, 0.2) is 0 Å². The van der Waals surface area contributed by atoms with Crippen molar-refractivity contribution in [1.82, 2.24) is 10.2 Å². The summed E-state index contributed by atoms with van der Waals surface area (Å²) in [5, 5.41) is 2.84. The van der Waals surface area contributed by atoms with Crippen LogP contribution in [0.1, 0.15) is 64.4 Å². The lowest BCUT2D eigenvalue weighted by atomic mass is 9.74. The Morgan fingerprint density at radius 1 is 1.16 bits per heavy atom. The summed E-state index contributed by atoms with van der Waals surface area (Å²) in [7, 11) is -4.66. The Balaban J connectivity index is 1.50. The number of hydrogen-bond acceptors (Lipinski definition) is 6. The maximum atomic E-state index is 13.7. The molecule has 1 saturated heterocycles. The summed E-state index contributed by atoms with van der Waals surface area (Å²) in [4.78, 5) is 28.1. The number of amides is 2. The summed E-state index contributed by atoms with van der Waals surface area (Å²) in [5.74, 6) is -0.617. The Labute approximate surface area is 223 Å². The van der Waals surface area contributed by atoms with Crippen molar-refractivity contribution in [2.24, 2.45) is 5.73 Å². The van der Waals surface area contributed by atoms with Gasteiger partial charge in [-0.3, -0.25) is 18.1 Å². The van der Waals surface area contributed by atoms with Gasteiger partial charge in [0, 0.05) is 41.1 Å². The molecule has 1 aromatic carbocycles. The number of hydrogen-bond donors (Lipinski definition) is 2. The van der Waals surface area contributed by atoms with Gasteiger partial charge in [-0.2, -0.15) is 0 Å². The van der Waals surface area contributed by atoms with E-state index in [1.165, 1.54) is 10.6 Å². The molecule has 0 aromatic heterocycles. The van der Waals surface area contributed by atoms with Crippen molar-refractivity contribution in [2.45, 2.75) is 81.0 Å². The third-order valence-corrected chi connectivity index (χ3v) is 11.1. The minimum absolute atomic E-state index is 0.0495. The monoisotopic (exact) mass is 552 g/mol. The lowest BCUT2D eigenvalue weighted by molar-refractivity contribution is -0.138. The quantitative estimate of drug-likeness (QED) is 0.529. The molecule has 1 aliphatic carbocycles. The summed E-state index contributed by atoms with van der Waals surface area (Å²) in [6.07, 6.45) is 7.42. The van der Waals surface area contributed by atoms with Crippen LogP contribution in [0.25, 0.3) is 0 Å². The standard InChI is InChI=1S/C26H40N4O5S2/c1-25(2,27)24(32)28-21(17-36(33)19-9-5-4-6-10-19)23(31)29-15-13-26(14-16-29)18-30(37(3,34)35)22-12-8-7-11-20(22)26/h7-8,11-12,19,21H,4-6,9-10,13-18,27H2,1-3H3,(H,28,32). The van der Waals surface area contributed by atoms with Gasteiger partial charge in [-0.1, -0.05) is 37.5 Å². The molecule has 3 aliphatic rings.